The number of aromatic nitrogens is 4. The van der Waals surface area contributed by atoms with Crippen LogP contribution in [-0.2, 0) is 38.5 Å². The summed E-state index contributed by atoms with van der Waals surface area (Å²) >= 11 is 0. The maximum absolute atomic E-state index is 11.4. The molecule has 2 aliphatic heterocycles. The molecule has 0 unspecified atom stereocenters. The molecule has 0 amide bonds. The number of nitrogens with zero attached hydrogens (tertiary/aromatic N) is 2. The van der Waals surface area contributed by atoms with Crippen LogP contribution in [0.15, 0.2) is 6.07 Å². The Hall–Kier alpha value is -3.60. The van der Waals surface area contributed by atoms with Crippen molar-refractivity contribution < 1.29 is 5.11 Å². The van der Waals surface area contributed by atoms with Gasteiger partial charge in [-0.25, -0.2) is 9.97 Å². The lowest BCUT2D eigenvalue weighted by molar-refractivity contribution is 0.477. The van der Waals surface area contributed by atoms with Crippen molar-refractivity contribution in [1.82, 2.24) is 19.9 Å². The van der Waals surface area contributed by atoms with Gasteiger partial charge in [-0.05, 0) is 91.9 Å². The van der Waals surface area contributed by atoms with Gasteiger partial charge >= 0.3 is 0 Å². The van der Waals surface area contributed by atoms with Crippen molar-refractivity contribution in [3.05, 3.63) is 62.2 Å². The summed E-state index contributed by atoms with van der Waals surface area (Å²) in [6.45, 7) is 17.8. The molecule has 0 radical (unpaired) electrons. The monoisotopic (exact) mass is 550 g/mol. The second kappa shape index (κ2) is 11.7. The molecule has 0 aliphatic carbocycles. The number of aryl methyl sites for hydroxylation is 6. The molecule has 5 heterocycles. The van der Waals surface area contributed by atoms with Gasteiger partial charge in [-0.1, -0.05) is 55.4 Å². The van der Waals surface area contributed by atoms with E-state index >= 15 is 0 Å². The highest BCUT2D eigenvalue weighted by molar-refractivity contribution is 5.97. The fraction of sp³-hybridized carbons (Fsp3) is 0.444. The lowest BCUT2D eigenvalue weighted by Gasteiger charge is -2.09. The average molecular weight is 551 g/mol. The first-order valence-electron chi connectivity index (χ1n) is 15.8. The van der Waals surface area contributed by atoms with E-state index in [1.807, 2.05) is 6.07 Å². The maximum atomic E-state index is 11.4. The van der Waals surface area contributed by atoms with Gasteiger partial charge in [-0.3, -0.25) is 0 Å². The summed E-state index contributed by atoms with van der Waals surface area (Å²) in [5, 5.41) is 11.4. The van der Waals surface area contributed by atoms with Crippen molar-refractivity contribution in [3.63, 3.8) is 0 Å². The van der Waals surface area contributed by atoms with Crippen molar-refractivity contribution in [3.8, 4) is 5.75 Å². The second-order valence-electron chi connectivity index (χ2n) is 11.0. The molecular weight excluding hydrogens is 504 g/mol. The van der Waals surface area contributed by atoms with Crippen LogP contribution in [0, 0.1) is 0 Å². The number of aromatic hydroxyl groups is 1. The number of hydrogen-bond acceptors (Lipinski definition) is 3. The van der Waals surface area contributed by atoms with Crippen LogP contribution in [0.1, 0.15) is 124 Å². The molecule has 5 rings (SSSR count). The predicted molar refractivity (Wildman–Crippen MR) is 175 cm³/mol. The molecule has 216 valence electrons. The molecule has 41 heavy (non-hydrogen) atoms. The van der Waals surface area contributed by atoms with E-state index in [4.69, 9.17) is 9.97 Å². The Balaban J connectivity index is 2.14. The van der Waals surface area contributed by atoms with E-state index in [0.29, 0.717) is 11.3 Å². The van der Waals surface area contributed by atoms with Gasteiger partial charge in [0.1, 0.15) is 5.75 Å². The number of rotatable bonds is 8. The molecule has 0 aromatic carbocycles. The van der Waals surface area contributed by atoms with E-state index in [-0.39, 0.29) is 0 Å². The number of hydrogen-bond donors (Lipinski definition) is 3. The highest BCUT2D eigenvalue weighted by Gasteiger charge is 2.26. The molecule has 3 N–H and O–H groups in total. The number of nitrogens with one attached hydrogen (secondary N) is 2. The van der Waals surface area contributed by atoms with Crippen LogP contribution >= 0.6 is 0 Å². The fourth-order valence-corrected chi connectivity index (χ4v) is 7.11. The third-order valence-corrected chi connectivity index (χ3v) is 9.05. The van der Waals surface area contributed by atoms with Crippen LogP contribution in [0.5, 0.6) is 5.75 Å². The van der Waals surface area contributed by atoms with Crippen molar-refractivity contribution in [1.29, 1.82) is 0 Å². The Morgan fingerprint density at radius 3 is 1.51 bits per heavy atom. The SMILES string of the molecule is CCC1=C(CC)c2nc1c(CC)c1[nH]c(cc3nc(c(CC)c4[nH]c(c2CC)c(CC)c4CC)C=C3)c(O)c1CC. The standard InChI is InChI=1S/C36H46N4O/c1-9-21-22(10-2)32-26(14-6)33-23(11-3)24(12-4)34(40-33)27(15-7)35-28(16-8)36(41)30(38-35)19-20-17-18-29(37-20)25(13-5)31(21)39-32/h17-19,38-39,41H,9-16H2,1-8H3. The first kappa shape index (κ1) is 28.9. The molecular formula is C36H46N4O. The summed E-state index contributed by atoms with van der Waals surface area (Å²) < 4.78 is 0. The molecule has 0 fully saturated rings. The maximum Gasteiger partial charge on any atom is 0.144 e. The van der Waals surface area contributed by atoms with E-state index in [2.05, 4.69) is 77.5 Å². The zero-order valence-electron chi connectivity index (χ0n) is 26.2. The zero-order valence-corrected chi connectivity index (χ0v) is 26.2. The summed E-state index contributed by atoms with van der Waals surface area (Å²) in [7, 11) is 0. The van der Waals surface area contributed by atoms with Crippen LogP contribution in [0.3, 0.4) is 0 Å². The minimum Gasteiger partial charge on any atom is -0.505 e. The fourth-order valence-electron chi connectivity index (χ4n) is 7.11. The van der Waals surface area contributed by atoms with E-state index in [1.165, 1.54) is 50.0 Å². The Morgan fingerprint density at radius 1 is 0.537 bits per heavy atom. The van der Waals surface area contributed by atoms with Crippen molar-refractivity contribution in [2.24, 2.45) is 0 Å². The molecule has 3 aromatic heterocycles. The van der Waals surface area contributed by atoms with E-state index in [9.17, 15) is 5.11 Å². The first-order chi connectivity index (χ1) is 19.9. The minimum absolute atomic E-state index is 0.317. The van der Waals surface area contributed by atoms with Gasteiger partial charge in [-0.15, -0.1) is 0 Å². The Kier molecular flexibility index (Phi) is 8.26. The van der Waals surface area contributed by atoms with Gasteiger partial charge in [0.15, 0.2) is 0 Å². The number of allylic oxidation sites excluding steroid dienone is 2. The van der Waals surface area contributed by atoms with Crippen molar-refractivity contribution in [2.75, 3.05) is 0 Å². The smallest absolute Gasteiger partial charge is 0.144 e. The second-order valence-corrected chi connectivity index (χ2v) is 11.0. The molecule has 2 aliphatic rings. The van der Waals surface area contributed by atoms with Crippen LogP contribution in [0.2, 0.25) is 0 Å². The van der Waals surface area contributed by atoms with E-state index in [0.717, 1.165) is 85.2 Å². The van der Waals surface area contributed by atoms with Crippen LogP contribution in [0.4, 0.5) is 0 Å². The highest BCUT2D eigenvalue weighted by Crippen LogP contribution is 2.41. The molecule has 5 heteroatoms. The van der Waals surface area contributed by atoms with E-state index in [1.54, 1.807) is 0 Å². The summed E-state index contributed by atoms with van der Waals surface area (Å²) in [6.07, 6.45) is 11.3. The third-order valence-electron chi connectivity index (χ3n) is 9.05. The summed E-state index contributed by atoms with van der Waals surface area (Å²) in [4.78, 5) is 18.2. The van der Waals surface area contributed by atoms with Crippen LogP contribution < -0.4 is 0 Å². The molecule has 3 aromatic rings. The van der Waals surface area contributed by atoms with Crippen molar-refractivity contribution >= 4 is 45.4 Å². The van der Waals surface area contributed by atoms with Gasteiger partial charge in [0, 0.05) is 33.3 Å². The quantitative estimate of drug-likeness (QED) is 0.204. The van der Waals surface area contributed by atoms with Gasteiger partial charge in [0.05, 0.1) is 33.8 Å². The molecule has 8 bridgehead atoms. The minimum atomic E-state index is 0.317. The number of aromatic amines is 2. The largest absolute Gasteiger partial charge is 0.505 e. The highest BCUT2D eigenvalue weighted by atomic mass is 16.3. The lowest BCUT2D eigenvalue weighted by Crippen LogP contribution is -1.95. The van der Waals surface area contributed by atoms with Crippen molar-refractivity contribution in [2.45, 2.75) is 107 Å². The molecule has 0 spiro atoms. The first-order valence-corrected chi connectivity index (χ1v) is 15.8. The normalized spacial score (nSPS) is 13.1. The van der Waals surface area contributed by atoms with E-state index < -0.39 is 0 Å². The van der Waals surface area contributed by atoms with Crippen LogP contribution in [-0.4, -0.2) is 25.0 Å². The number of fused-ring (bicyclic) bond motifs is 8. The van der Waals surface area contributed by atoms with Gasteiger partial charge in [-0.2, -0.15) is 0 Å². The summed E-state index contributed by atoms with van der Waals surface area (Å²) in [6, 6.07) is 1.98. The molecule has 0 atom stereocenters. The topological polar surface area (TPSA) is 77.6 Å². The van der Waals surface area contributed by atoms with Crippen LogP contribution in [0.25, 0.3) is 45.4 Å². The lowest BCUT2D eigenvalue weighted by atomic mass is 9.93. The van der Waals surface area contributed by atoms with Gasteiger partial charge in [0.25, 0.3) is 0 Å². The molecule has 5 nitrogen and oxygen atoms in total. The Morgan fingerprint density at radius 2 is 1.02 bits per heavy atom. The Labute approximate surface area is 244 Å². The average Bonchev–Trinajstić information content (AvgIpc) is 3.74. The number of H-pyrrole nitrogens is 2. The molecule has 0 saturated heterocycles. The third kappa shape index (κ3) is 4.54. The zero-order chi connectivity index (χ0) is 29.4. The molecule has 0 saturated carbocycles. The van der Waals surface area contributed by atoms with Gasteiger partial charge < -0.3 is 15.1 Å². The van der Waals surface area contributed by atoms with Gasteiger partial charge in [0.2, 0.25) is 0 Å². The predicted octanol–water partition coefficient (Wildman–Crippen LogP) is 9.30. The Bertz CT molecular complexity index is 1730. The summed E-state index contributed by atoms with van der Waals surface area (Å²) in [5.41, 5.74) is 18.4. The summed E-state index contributed by atoms with van der Waals surface area (Å²) in [5.74, 6) is 0.317.